The van der Waals surface area contributed by atoms with E-state index in [1.54, 1.807) is 24.3 Å². The van der Waals surface area contributed by atoms with Gasteiger partial charge < -0.3 is 10.6 Å². The number of aryl methyl sites for hydroxylation is 1. The summed E-state index contributed by atoms with van der Waals surface area (Å²) in [5.74, 6) is -0.271. The van der Waals surface area contributed by atoms with Crippen molar-refractivity contribution in [3.8, 4) is 0 Å². The highest BCUT2D eigenvalue weighted by atomic mass is 32.2. The number of hydrogen-bond donors (Lipinski definition) is 2. The summed E-state index contributed by atoms with van der Waals surface area (Å²) in [6.07, 6.45) is 2.85. The zero-order chi connectivity index (χ0) is 18.5. The summed E-state index contributed by atoms with van der Waals surface area (Å²) in [4.78, 5) is 28.2. The second-order valence-electron chi connectivity index (χ2n) is 5.80. The highest BCUT2D eigenvalue weighted by Gasteiger charge is 2.23. The SMILES string of the molecule is CCc1ccc(C=C2SC(=Nc3ccc(NC(C)=O)cc3)NC2=O)cc1. The Kier molecular flexibility index (Phi) is 5.53. The lowest BCUT2D eigenvalue weighted by Gasteiger charge is -2.02. The van der Waals surface area contributed by atoms with E-state index in [0.29, 0.717) is 21.4 Å². The highest BCUT2D eigenvalue weighted by Crippen LogP contribution is 2.28. The molecule has 26 heavy (non-hydrogen) atoms. The average Bonchev–Trinajstić information content (AvgIpc) is 2.96. The molecule has 0 unspecified atom stereocenters. The van der Waals surface area contributed by atoms with Gasteiger partial charge in [-0.15, -0.1) is 0 Å². The number of carbonyl (C=O) groups excluding carboxylic acids is 2. The van der Waals surface area contributed by atoms with Crippen molar-refractivity contribution in [3.05, 3.63) is 64.6 Å². The third kappa shape index (κ3) is 4.61. The minimum atomic E-state index is -0.150. The number of nitrogens with one attached hydrogen (secondary N) is 2. The third-order valence-electron chi connectivity index (χ3n) is 3.75. The molecule has 3 rings (SSSR count). The van der Waals surface area contributed by atoms with Crippen LogP contribution in [0.3, 0.4) is 0 Å². The van der Waals surface area contributed by atoms with Gasteiger partial charge in [-0.3, -0.25) is 9.59 Å². The van der Waals surface area contributed by atoms with Crippen LogP contribution in [0.4, 0.5) is 11.4 Å². The number of amides is 2. The molecule has 0 saturated carbocycles. The third-order valence-corrected chi connectivity index (χ3v) is 4.66. The van der Waals surface area contributed by atoms with Crippen molar-refractivity contribution in [3.63, 3.8) is 0 Å². The Bertz CT molecular complexity index is 884. The van der Waals surface area contributed by atoms with Gasteiger partial charge >= 0.3 is 0 Å². The maximum Gasteiger partial charge on any atom is 0.264 e. The van der Waals surface area contributed by atoms with Crippen LogP contribution in [0, 0.1) is 0 Å². The Balaban J connectivity index is 1.72. The molecular formula is C20H19N3O2S. The molecule has 1 heterocycles. The van der Waals surface area contributed by atoms with Crippen molar-refractivity contribution < 1.29 is 9.59 Å². The molecule has 1 aliphatic rings. The maximum absolute atomic E-state index is 12.1. The average molecular weight is 365 g/mol. The summed E-state index contributed by atoms with van der Waals surface area (Å²) in [6, 6.07) is 15.3. The predicted molar refractivity (Wildman–Crippen MR) is 107 cm³/mol. The fourth-order valence-electron chi connectivity index (χ4n) is 2.42. The molecule has 6 heteroatoms. The molecule has 2 amide bonds. The predicted octanol–water partition coefficient (Wildman–Crippen LogP) is 4.10. The number of nitrogens with zero attached hydrogens (tertiary/aromatic N) is 1. The Morgan fingerprint density at radius 2 is 1.85 bits per heavy atom. The van der Waals surface area contributed by atoms with Crippen molar-refractivity contribution in [1.29, 1.82) is 0 Å². The largest absolute Gasteiger partial charge is 0.326 e. The molecule has 2 aromatic rings. The van der Waals surface area contributed by atoms with Gasteiger partial charge in [0.25, 0.3) is 5.91 Å². The van der Waals surface area contributed by atoms with E-state index < -0.39 is 0 Å². The Morgan fingerprint density at radius 1 is 1.15 bits per heavy atom. The zero-order valence-electron chi connectivity index (χ0n) is 14.6. The number of aliphatic imine (C=N–C) groups is 1. The Labute approximate surface area is 156 Å². The monoisotopic (exact) mass is 365 g/mol. The topological polar surface area (TPSA) is 70.6 Å². The van der Waals surface area contributed by atoms with Crippen molar-refractivity contribution in [2.75, 3.05) is 5.32 Å². The maximum atomic E-state index is 12.1. The fraction of sp³-hybridized carbons (Fsp3) is 0.150. The molecule has 1 saturated heterocycles. The minimum absolute atomic E-state index is 0.121. The number of thioether (sulfide) groups is 1. The van der Waals surface area contributed by atoms with Gasteiger partial charge in [-0.05, 0) is 59.7 Å². The molecule has 2 N–H and O–H groups in total. The number of benzene rings is 2. The molecule has 0 atom stereocenters. The van der Waals surface area contributed by atoms with E-state index in [1.165, 1.54) is 24.2 Å². The summed E-state index contributed by atoms with van der Waals surface area (Å²) >= 11 is 1.31. The first-order valence-electron chi connectivity index (χ1n) is 8.29. The van der Waals surface area contributed by atoms with Crippen molar-refractivity contribution in [2.24, 2.45) is 4.99 Å². The summed E-state index contributed by atoms with van der Waals surface area (Å²) in [5.41, 5.74) is 3.66. The first kappa shape index (κ1) is 17.9. The summed E-state index contributed by atoms with van der Waals surface area (Å²) in [6.45, 7) is 3.57. The Morgan fingerprint density at radius 3 is 2.46 bits per heavy atom. The van der Waals surface area contributed by atoms with Gasteiger partial charge in [0.15, 0.2) is 5.17 Å². The van der Waals surface area contributed by atoms with Gasteiger partial charge in [-0.2, -0.15) is 0 Å². The van der Waals surface area contributed by atoms with E-state index in [4.69, 9.17) is 0 Å². The van der Waals surface area contributed by atoms with E-state index in [1.807, 2.05) is 18.2 Å². The lowest BCUT2D eigenvalue weighted by Crippen LogP contribution is -2.19. The van der Waals surface area contributed by atoms with Crippen LogP contribution in [0.15, 0.2) is 58.4 Å². The molecule has 5 nitrogen and oxygen atoms in total. The van der Waals surface area contributed by atoms with E-state index in [2.05, 4.69) is 34.7 Å². The number of carbonyl (C=O) groups is 2. The Hall–Kier alpha value is -2.86. The highest BCUT2D eigenvalue weighted by molar-refractivity contribution is 8.18. The molecule has 0 radical (unpaired) electrons. The molecular weight excluding hydrogens is 346 g/mol. The molecule has 0 bridgehead atoms. The minimum Gasteiger partial charge on any atom is -0.326 e. The lowest BCUT2D eigenvalue weighted by molar-refractivity contribution is -0.115. The first-order chi connectivity index (χ1) is 12.5. The molecule has 0 spiro atoms. The van der Waals surface area contributed by atoms with E-state index >= 15 is 0 Å². The zero-order valence-corrected chi connectivity index (χ0v) is 15.4. The molecule has 132 valence electrons. The van der Waals surface area contributed by atoms with Crippen LogP contribution >= 0.6 is 11.8 Å². The van der Waals surface area contributed by atoms with Gasteiger partial charge in [0.05, 0.1) is 10.6 Å². The molecule has 0 aliphatic carbocycles. The van der Waals surface area contributed by atoms with Crippen LogP contribution in [-0.4, -0.2) is 17.0 Å². The van der Waals surface area contributed by atoms with Gasteiger partial charge in [-0.25, -0.2) is 4.99 Å². The van der Waals surface area contributed by atoms with Gasteiger partial charge in [-0.1, -0.05) is 31.2 Å². The lowest BCUT2D eigenvalue weighted by atomic mass is 10.1. The van der Waals surface area contributed by atoms with Crippen LogP contribution in [0.25, 0.3) is 6.08 Å². The number of rotatable bonds is 4. The second kappa shape index (κ2) is 8.01. The first-order valence-corrected chi connectivity index (χ1v) is 9.11. The van der Waals surface area contributed by atoms with Gasteiger partial charge in [0, 0.05) is 12.6 Å². The van der Waals surface area contributed by atoms with E-state index in [0.717, 1.165) is 12.0 Å². The van der Waals surface area contributed by atoms with Crippen molar-refractivity contribution in [2.45, 2.75) is 20.3 Å². The smallest absolute Gasteiger partial charge is 0.264 e. The fourth-order valence-corrected chi connectivity index (χ4v) is 3.26. The van der Waals surface area contributed by atoms with Crippen molar-refractivity contribution in [1.82, 2.24) is 5.32 Å². The standard InChI is InChI=1S/C20H19N3O2S/c1-3-14-4-6-15(7-5-14)12-18-19(25)23-20(26-18)22-17-10-8-16(9-11-17)21-13(2)24/h4-12H,3H2,1-2H3,(H,21,24)(H,22,23,25). The molecule has 1 fully saturated rings. The van der Waals surface area contributed by atoms with Gasteiger partial charge in [0.2, 0.25) is 5.91 Å². The molecule has 0 aromatic heterocycles. The normalized spacial score (nSPS) is 16.8. The summed E-state index contributed by atoms with van der Waals surface area (Å²) in [5, 5.41) is 6.02. The van der Waals surface area contributed by atoms with Crippen LogP contribution in [-0.2, 0) is 16.0 Å². The summed E-state index contributed by atoms with van der Waals surface area (Å²) in [7, 11) is 0. The summed E-state index contributed by atoms with van der Waals surface area (Å²) < 4.78 is 0. The van der Waals surface area contributed by atoms with Crippen LogP contribution in [0.2, 0.25) is 0 Å². The number of amidine groups is 1. The quantitative estimate of drug-likeness (QED) is 0.802. The molecule has 1 aliphatic heterocycles. The molecule has 2 aromatic carbocycles. The number of anilines is 1. The van der Waals surface area contributed by atoms with Gasteiger partial charge in [0.1, 0.15) is 0 Å². The van der Waals surface area contributed by atoms with Crippen LogP contribution in [0.1, 0.15) is 25.0 Å². The van der Waals surface area contributed by atoms with E-state index in [-0.39, 0.29) is 11.8 Å². The second-order valence-corrected chi connectivity index (χ2v) is 6.84. The number of hydrogen-bond acceptors (Lipinski definition) is 4. The van der Waals surface area contributed by atoms with Crippen molar-refractivity contribution >= 4 is 46.2 Å². The van der Waals surface area contributed by atoms with E-state index in [9.17, 15) is 9.59 Å². The van der Waals surface area contributed by atoms with Crippen LogP contribution in [0.5, 0.6) is 0 Å². The van der Waals surface area contributed by atoms with Crippen LogP contribution < -0.4 is 10.6 Å².